The van der Waals surface area contributed by atoms with Crippen molar-refractivity contribution in [2.45, 2.75) is 6.42 Å². The third-order valence-electron chi connectivity index (χ3n) is 2.19. The molecular formula is C9H14N2OS. The smallest absolute Gasteiger partial charge is 0.157 e. The first kappa shape index (κ1) is 8.94. The number of rotatable bonds is 3. The Hall–Kier alpha value is -0.640. The zero-order chi connectivity index (χ0) is 9.10. The highest BCUT2D eigenvalue weighted by Gasteiger charge is 2.16. The van der Waals surface area contributed by atoms with Gasteiger partial charge in [0.1, 0.15) is 0 Å². The summed E-state index contributed by atoms with van der Waals surface area (Å²) in [6.45, 7) is 0.846. The van der Waals surface area contributed by atoms with E-state index in [-0.39, 0.29) is 0 Å². The molecule has 0 saturated carbocycles. The van der Waals surface area contributed by atoms with Gasteiger partial charge in [-0.3, -0.25) is 4.68 Å². The Morgan fingerprint density at radius 1 is 1.77 bits per heavy atom. The summed E-state index contributed by atoms with van der Waals surface area (Å²) in [5, 5.41) is 4.05. The van der Waals surface area contributed by atoms with Gasteiger partial charge in [0, 0.05) is 13.0 Å². The van der Waals surface area contributed by atoms with Crippen molar-refractivity contribution in [3.05, 3.63) is 12.4 Å². The topological polar surface area (TPSA) is 27.1 Å². The van der Waals surface area contributed by atoms with Crippen molar-refractivity contribution in [3.8, 4) is 5.75 Å². The van der Waals surface area contributed by atoms with Crippen LogP contribution in [0, 0.1) is 5.92 Å². The highest BCUT2D eigenvalue weighted by Crippen LogP contribution is 2.24. The molecule has 1 unspecified atom stereocenters. The molecule has 13 heavy (non-hydrogen) atoms. The fourth-order valence-electron chi connectivity index (χ4n) is 1.40. The Balaban J connectivity index is 1.78. The number of aryl methyl sites for hydroxylation is 1. The van der Waals surface area contributed by atoms with E-state index in [2.05, 4.69) is 5.10 Å². The molecule has 0 aromatic carbocycles. The van der Waals surface area contributed by atoms with Crippen molar-refractivity contribution in [2.75, 3.05) is 18.1 Å². The SMILES string of the molecule is Cn1cc(OCC2CCSC2)cn1. The van der Waals surface area contributed by atoms with Crippen LogP contribution in [0.15, 0.2) is 12.4 Å². The van der Waals surface area contributed by atoms with Gasteiger partial charge in [0.05, 0.1) is 19.0 Å². The summed E-state index contributed by atoms with van der Waals surface area (Å²) in [6.07, 6.45) is 4.97. The van der Waals surface area contributed by atoms with Crippen molar-refractivity contribution >= 4 is 11.8 Å². The zero-order valence-corrected chi connectivity index (χ0v) is 8.59. The molecule has 1 aliphatic rings. The molecule has 2 heterocycles. The minimum atomic E-state index is 0.741. The lowest BCUT2D eigenvalue weighted by molar-refractivity contribution is 0.263. The molecule has 0 N–H and O–H groups in total. The van der Waals surface area contributed by atoms with E-state index in [0.29, 0.717) is 0 Å². The molecule has 1 saturated heterocycles. The lowest BCUT2D eigenvalue weighted by Gasteiger charge is -2.08. The van der Waals surface area contributed by atoms with E-state index in [1.54, 1.807) is 10.9 Å². The van der Waals surface area contributed by atoms with E-state index in [1.165, 1.54) is 17.9 Å². The molecule has 0 bridgehead atoms. The average molecular weight is 198 g/mol. The molecule has 1 aromatic heterocycles. The predicted octanol–water partition coefficient (Wildman–Crippen LogP) is 1.55. The number of aromatic nitrogens is 2. The number of thioether (sulfide) groups is 1. The average Bonchev–Trinajstić information content (AvgIpc) is 2.71. The van der Waals surface area contributed by atoms with Crippen LogP contribution in [0.3, 0.4) is 0 Å². The van der Waals surface area contributed by atoms with Crippen LogP contribution < -0.4 is 4.74 Å². The predicted molar refractivity (Wildman–Crippen MR) is 54.1 cm³/mol. The van der Waals surface area contributed by atoms with E-state index >= 15 is 0 Å². The quantitative estimate of drug-likeness (QED) is 0.737. The first-order valence-corrected chi connectivity index (χ1v) is 5.69. The molecule has 72 valence electrons. The highest BCUT2D eigenvalue weighted by molar-refractivity contribution is 7.99. The summed E-state index contributed by atoms with van der Waals surface area (Å²) in [7, 11) is 1.90. The van der Waals surface area contributed by atoms with Crippen molar-refractivity contribution in [1.82, 2.24) is 9.78 Å². The fraction of sp³-hybridized carbons (Fsp3) is 0.667. The zero-order valence-electron chi connectivity index (χ0n) is 7.77. The molecule has 1 fully saturated rings. The molecule has 0 radical (unpaired) electrons. The van der Waals surface area contributed by atoms with Gasteiger partial charge in [0.25, 0.3) is 0 Å². The van der Waals surface area contributed by atoms with Gasteiger partial charge in [-0.2, -0.15) is 16.9 Å². The van der Waals surface area contributed by atoms with Crippen LogP contribution in [0.2, 0.25) is 0 Å². The Morgan fingerprint density at radius 3 is 3.31 bits per heavy atom. The summed E-state index contributed by atoms with van der Waals surface area (Å²) in [5.41, 5.74) is 0. The highest BCUT2D eigenvalue weighted by atomic mass is 32.2. The Bertz CT molecular complexity index is 268. The first-order valence-electron chi connectivity index (χ1n) is 4.54. The molecule has 0 aliphatic carbocycles. The van der Waals surface area contributed by atoms with E-state index in [4.69, 9.17) is 4.74 Å². The van der Waals surface area contributed by atoms with Gasteiger partial charge < -0.3 is 4.74 Å². The molecule has 4 heteroatoms. The van der Waals surface area contributed by atoms with Gasteiger partial charge in [0.15, 0.2) is 5.75 Å². The minimum absolute atomic E-state index is 0.741. The van der Waals surface area contributed by atoms with E-state index in [1.807, 2.05) is 25.0 Å². The lowest BCUT2D eigenvalue weighted by atomic mass is 10.1. The number of hydrogen-bond acceptors (Lipinski definition) is 3. The van der Waals surface area contributed by atoms with Crippen LogP contribution >= 0.6 is 11.8 Å². The second kappa shape index (κ2) is 4.05. The van der Waals surface area contributed by atoms with Crippen molar-refractivity contribution in [2.24, 2.45) is 13.0 Å². The van der Waals surface area contributed by atoms with Gasteiger partial charge in [-0.15, -0.1) is 0 Å². The molecule has 2 rings (SSSR count). The van der Waals surface area contributed by atoms with Crippen molar-refractivity contribution < 1.29 is 4.74 Å². The molecular weight excluding hydrogens is 184 g/mol. The van der Waals surface area contributed by atoms with E-state index in [0.717, 1.165) is 18.3 Å². The second-order valence-corrected chi connectivity index (χ2v) is 4.54. The van der Waals surface area contributed by atoms with Gasteiger partial charge in [-0.1, -0.05) is 0 Å². The van der Waals surface area contributed by atoms with Gasteiger partial charge in [0.2, 0.25) is 0 Å². The second-order valence-electron chi connectivity index (χ2n) is 3.39. The largest absolute Gasteiger partial charge is 0.490 e. The molecule has 1 atom stereocenters. The summed E-state index contributed by atoms with van der Waals surface area (Å²) >= 11 is 2.02. The van der Waals surface area contributed by atoms with E-state index < -0.39 is 0 Å². The number of ether oxygens (including phenoxy) is 1. The maximum Gasteiger partial charge on any atom is 0.157 e. The molecule has 1 aromatic rings. The Labute approximate surface area is 82.5 Å². The van der Waals surface area contributed by atoms with Crippen LogP contribution in [-0.2, 0) is 7.05 Å². The monoisotopic (exact) mass is 198 g/mol. The Kier molecular flexibility index (Phi) is 2.78. The van der Waals surface area contributed by atoms with E-state index in [9.17, 15) is 0 Å². The van der Waals surface area contributed by atoms with Gasteiger partial charge >= 0.3 is 0 Å². The summed E-state index contributed by atoms with van der Waals surface area (Å²) in [6, 6.07) is 0. The maximum atomic E-state index is 5.61. The van der Waals surface area contributed by atoms with Crippen LogP contribution in [0.1, 0.15) is 6.42 Å². The van der Waals surface area contributed by atoms with Crippen molar-refractivity contribution in [1.29, 1.82) is 0 Å². The van der Waals surface area contributed by atoms with Crippen LogP contribution in [0.5, 0.6) is 5.75 Å². The van der Waals surface area contributed by atoms with Crippen LogP contribution in [0.25, 0.3) is 0 Å². The first-order chi connectivity index (χ1) is 6.34. The summed E-state index contributed by atoms with van der Waals surface area (Å²) in [4.78, 5) is 0. The third-order valence-corrected chi connectivity index (χ3v) is 3.42. The molecule has 0 spiro atoms. The molecule has 3 nitrogen and oxygen atoms in total. The van der Waals surface area contributed by atoms with Gasteiger partial charge in [-0.25, -0.2) is 0 Å². The van der Waals surface area contributed by atoms with Crippen LogP contribution in [0.4, 0.5) is 0 Å². The van der Waals surface area contributed by atoms with Crippen LogP contribution in [-0.4, -0.2) is 27.9 Å². The normalized spacial score (nSPS) is 22.1. The molecule has 1 aliphatic heterocycles. The minimum Gasteiger partial charge on any atom is -0.490 e. The lowest BCUT2D eigenvalue weighted by Crippen LogP contribution is -2.10. The third kappa shape index (κ3) is 2.40. The number of hydrogen-bond donors (Lipinski definition) is 0. The summed E-state index contributed by atoms with van der Waals surface area (Å²) in [5.74, 6) is 4.17. The molecule has 0 amide bonds. The van der Waals surface area contributed by atoms with Crippen molar-refractivity contribution in [3.63, 3.8) is 0 Å². The maximum absolute atomic E-state index is 5.61. The number of nitrogens with zero attached hydrogens (tertiary/aromatic N) is 2. The standard InChI is InChI=1S/C9H14N2OS/c1-11-5-9(4-10-11)12-6-8-2-3-13-7-8/h4-5,8H,2-3,6-7H2,1H3. The van der Waals surface area contributed by atoms with Gasteiger partial charge in [-0.05, 0) is 17.9 Å². The fourth-order valence-corrected chi connectivity index (χ4v) is 2.67. The summed E-state index contributed by atoms with van der Waals surface area (Å²) < 4.78 is 7.38. The Morgan fingerprint density at radius 2 is 2.69 bits per heavy atom.